The van der Waals surface area contributed by atoms with Crippen molar-refractivity contribution in [3.8, 4) is 0 Å². The van der Waals surface area contributed by atoms with Crippen molar-refractivity contribution < 1.29 is 17.9 Å². The van der Waals surface area contributed by atoms with E-state index >= 15 is 0 Å². The van der Waals surface area contributed by atoms with E-state index in [1.165, 1.54) is 23.9 Å². The SMILES string of the molecule is CCOC(=O)c1nnc(Sc2ccc(S(C)(=O)=O)cc2)s1. The van der Waals surface area contributed by atoms with Gasteiger partial charge in [-0.2, -0.15) is 0 Å². The van der Waals surface area contributed by atoms with Crippen molar-refractivity contribution in [1.82, 2.24) is 10.2 Å². The van der Waals surface area contributed by atoms with Crippen LogP contribution in [-0.4, -0.2) is 37.4 Å². The molecule has 112 valence electrons. The largest absolute Gasteiger partial charge is 0.461 e. The minimum absolute atomic E-state index is 0.201. The summed E-state index contributed by atoms with van der Waals surface area (Å²) in [6, 6.07) is 6.44. The Morgan fingerprint density at radius 1 is 1.29 bits per heavy atom. The fourth-order valence-electron chi connectivity index (χ4n) is 1.38. The number of aromatic nitrogens is 2. The topological polar surface area (TPSA) is 86.2 Å². The zero-order chi connectivity index (χ0) is 15.5. The molecular weight excluding hydrogens is 332 g/mol. The molecule has 0 fully saturated rings. The lowest BCUT2D eigenvalue weighted by atomic mass is 10.4. The second-order valence-electron chi connectivity index (χ2n) is 3.94. The highest BCUT2D eigenvalue weighted by Crippen LogP contribution is 2.30. The van der Waals surface area contributed by atoms with Gasteiger partial charge in [0, 0.05) is 11.2 Å². The Hall–Kier alpha value is -1.45. The van der Waals surface area contributed by atoms with E-state index in [4.69, 9.17) is 4.74 Å². The van der Waals surface area contributed by atoms with Crippen molar-refractivity contribution in [3.05, 3.63) is 29.3 Å². The van der Waals surface area contributed by atoms with E-state index in [0.29, 0.717) is 4.34 Å². The van der Waals surface area contributed by atoms with Crippen molar-refractivity contribution in [2.24, 2.45) is 0 Å². The molecule has 0 saturated heterocycles. The summed E-state index contributed by atoms with van der Waals surface area (Å²) >= 11 is 2.44. The van der Waals surface area contributed by atoms with E-state index in [2.05, 4.69) is 10.2 Å². The summed E-state index contributed by atoms with van der Waals surface area (Å²) in [5.41, 5.74) is 0. The van der Waals surface area contributed by atoms with Gasteiger partial charge in [0.15, 0.2) is 14.2 Å². The molecule has 2 rings (SSSR count). The van der Waals surface area contributed by atoms with Crippen molar-refractivity contribution >= 4 is 38.9 Å². The number of sulfone groups is 1. The Balaban J connectivity index is 2.10. The van der Waals surface area contributed by atoms with Crippen LogP contribution >= 0.6 is 23.1 Å². The van der Waals surface area contributed by atoms with Crippen LogP contribution < -0.4 is 0 Å². The second-order valence-corrected chi connectivity index (χ2v) is 8.25. The summed E-state index contributed by atoms with van der Waals surface area (Å²) in [7, 11) is -3.20. The predicted octanol–water partition coefficient (Wildman–Crippen LogP) is 2.27. The zero-order valence-corrected chi connectivity index (χ0v) is 13.7. The lowest BCUT2D eigenvalue weighted by Crippen LogP contribution is -2.03. The molecule has 2 aromatic rings. The average Bonchev–Trinajstić information content (AvgIpc) is 2.87. The quantitative estimate of drug-likeness (QED) is 0.769. The molecule has 0 saturated carbocycles. The summed E-state index contributed by atoms with van der Waals surface area (Å²) in [6.45, 7) is 2.01. The van der Waals surface area contributed by atoms with Crippen LogP contribution in [0.3, 0.4) is 0 Å². The summed E-state index contributed by atoms with van der Waals surface area (Å²) < 4.78 is 28.2. The lowest BCUT2D eigenvalue weighted by Gasteiger charge is -2.00. The molecule has 0 atom stereocenters. The first-order valence-corrected chi connectivity index (χ1v) is 9.41. The molecule has 0 unspecified atom stereocenters. The summed E-state index contributed by atoms with van der Waals surface area (Å²) in [4.78, 5) is 12.5. The van der Waals surface area contributed by atoms with Crippen LogP contribution in [0, 0.1) is 0 Å². The van der Waals surface area contributed by atoms with Crippen LogP contribution in [0.25, 0.3) is 0 Å². The fourth-order valence-corrected chi connectivity index (χ4v) is 3.73. The fraction of sp³-hybridized carbons (Fsp3) is 0.250. The Morgan fingerprint density at radius 2 is 1.95 bits per heavy atom. The number of carbonyl (C=O) groups excluding carboxylic acids is 1. The number of ether oxygens (including phenoxy) is 1. The van der Waals surface area contributed by atoms with Gasteiger partial charge in [0.05, 0.1) is 11.5 Å². The van der Waals surface area contributed by atoms with Gasteiger partial charge in [-0.1, -0.05) is 23.1 Å². The third kappa shape index (κ3) is 4.26. The van der Waals surface area contributed by atoms with Crippen LogP contribution in [-0.2, 0) is 14.6 Å². The maximum atomic E-state index is 11.5. The number of hydrogen-bond donors (Lipinski definition) is 0. The Labute approximate surface area is 130 Å². The van der Waals surface area contributed by atoms with Gasteiger partial charge in [-0.25, -0.2) is 13.2 Å². The summed E-state index contributed by atoms with van der Waals surface area (Å²) in [5.74, 6) is -0.491. The average molecular weight is 344 g/mol. The van der Waals surface area contributed by atoms with Gasteiger partial charge in [0.1, 0.15) is 0 Å². The minimum Gasteiger partial charge on any atom is -0.461 e. The van der Waals surface area contributed by atoms with Crippen LogP contribution in [0.5, 0.6) is 0 Å². The summed E-state index contributed by atoms with van der Waals surface area (Å²) in [5, 5.41) is 7.86. The Bertz CT molecular complexity index is 738. The molecule has 1 aromatic carbocycles. The van der Waals surface area contributed by atoms with Gasteiger partial charge in [-0.05, 0) is 31.2 Å². The molecule has 0 spiro atoms. The first-order chi connectivity index (χ1) is 9.90. The van der Waals surface area contributed by atoms with Crippen LogP contribution in [0.4, 0.5) is 0 Å². The van der Waals surface area contributed by atoms with Crippen molar-refractivity contribution in [1.29, 1.82) is 0 Å². The monoisotopic (exact) mass is 344 g/mol. The van der Waals surface area contributed by atoms with Crippen molar-refractivity contribution in [2.75, 3.05) is 12.9 Å². The Kier molecular flexibility index (Phi) is 4.96. The molecule has 1 heterocycles. The number of benzene rings is 1. The maximum Gasteiger partial charge on any atom is 0.369 e. The predicted molar refractivity (Wildman–Crippen MR) is 79.5 cm³/mol. The second kappa shape index (κ2) is 6.54. The van der Waals surface area contributed by atoms with E-state index in [-0.39, 0.29) is 16.5 Å². The third-order valence-corrected chi connectivity index (χ3v) is 5.40. The van der Waals surface area contributed by atoms with E-state index < -0.39 is 15.8 Å². The molecule has 0 aliphatic heterocycles. The summed E-state index contributed by atoms with van der Waals surface area (Å²) in [6.07, 6.45) is 1.16. The van der Waals surface area contributed by atoms with Crippen LogP contribution in [0.1, 0.15) is 16.7 Å². The number of carbonyl (C=O) groups is 1. The molecule has 1 aromatic heterocycles. The molecule has 0 N–H and O–H groups in total. The normalized spacial score (nSPS) is 11.3. The van der Waals surface area contributed by atoms with Crippen molar-refractivity contribution in [3.63, 3.8) is 0 Å². The van der Waals surface area contributed by atoms with Gasteiger partial charge in [0.2, 0.25) is 5.01 Å². The standard InChI is InChI=1S/C12H12N2O4S3/c1-3-18-11(15)10-13-14-12(20-10)19-8-4-6-9(7-5-8)21(2,16)17/h4-7H,3H2,1-2H3. The first kappa shape index (κ1) is 15.9. The van der Waals surface area contributed by atoms with Gasteiger partial charge >= 0.3 is 5.97 Å². The van der Waals surface area contributed by atoms with E-state index in [1.807, 2.05) is 0 Å². The molecular formula is C12H12N2O4S3. The third-order valence-electron chi connectivity index (χ3n) is 2.31. The van der Waals surface area contributed by atoms with Crippen LogP contribution in [0.15, 0.2) is 38.4 Å². The van der Waals surface area contributed by atoms with Gasteiger partial charge in [-0.15, -0.1) is 10.2 Å². The molecule has 0 bridgehead atoms. The van der Waals surface area contributed by atoms with Gasteiger partial charge in [0.25, 0.3) is 0 Å². The molecule has 0 radical (unpaired) electrons. The molecule has 6 nitrogen and oxygen atoms in total. The van der Waals surface area contributed by atoms with E-state index in [9.17, 15) is 13.2 Å². The van der Waals surface area contributed by atoms with Crippen LogP contribution in [0.2, 0.25) is 0 Å². The number of hydrogen-bond acceptors (Lipinski definition) is 8. The highest BCUT2D eigenvalue weighted by atomic mass is 32.2. The minimum atomic E-state index is -3.20. The van der Waals surface area contributed by atoms with E-state index in [1.54, 1.807) is 19.1 Å². The molecule has 0 amide bonds. The maximum absolute atomic E-state index is 11.5. The van der Waals surface area contributed by atoms with Gasteiger partial charge < -0.3 is 4.74 Å². The molecule has 9 heteroatoms. The molecule has 21 heavy (non-hydrogen) atoms. The highest BCUT2D eigenvalue weighted by molar-refractivity contribution is 8.01. The van der Waals surface area contributed by atoms with E-state index in [0.717, 1.165) is 22.5 Å². The highest BCUT2D eigenvalue weighted by Gasteiger charge is 2.14. The molecule has 0 aliphatic carbocycles. The number of esters is 1. The van der Waals surface area contributed by atoms with Gasteiger partial charge in [-0.3, -0.25) is 0 Å². The smallest absolute Gasteiger partial charge is 0.369 e. The number of rotatable bonds is 5. The number of nitrogens with zero attached hydrogens (tertiary/aromatic N) is 2. The lowest BCUT2D eigenvalue weighted by molar-refractivity contribution is 0.0525. The van der Waals surface area contributed by atoms with Crippen molar-refractivity contribution in [2.45, 2.75) is 21.1 Å². The molecule has 0 aliphatic rings. The Morgan fingerprint density at radius 3 is 2.52 bits per heavy atom. The zero-order valence-electron chi connectivity index (χ0n) is 11.3. The first-order valence-electron chi connectivity index (χ1n) is 5.88.